The molecule has 0 radical (unpaired) electrons. The summed E-state index contributed by atoms with van der Waals surface area (Å²) >= 11 is 5.97. The molecule has 1 heterocycles. The van der Waals surface area contributed by atoms with Crippen LogP contribution in [0.2, 0.25) is 5.02 Å². The highest BCUT2D eigenvalue weighted by Gasteiger charge is 2.56. The Morgan fingerprint density at radius 3 is 2.46 bits per heavy atom. The Morgan fingerprint density at radius 2 is 1.86 bits per heavy atom. The highest BCUT2D eigenvalue weighted by molar-refractivity contribution is 6.30. The minimum absolute atomic E-state index is 0.0912. The van der Waals surface area contributed by atoms with Crippen LogP contribution in [0.3, 0.4) is 0 Å². The molecule has 148 valence electrons. The van der Waals surface area contributed by atoms with Crippen LogP contribution in [0.25, 0.3) is 0 Å². The lowest BCUT2D eigenvalue weighted by Gasteiger charge is -2.17. The standard InChI is InChI=1S/C20H23ClN4O3/c1-10(11-3-5-12(21)6-4-11)25-17(9-16(24-25)19(27)22-2)20(28)23-18-14-7-13(26)8-15(14)18/h3-6,9-10,13-15,18,26H,7-8H2,1-2H3,(H,22,27)(H,23,28)/t10-,13-,14-,15+,18+/m0/s1. The van der Waals surface area contributed by atoms with Gasteiger partial charge in [0.15, 0.2) is 5.69 Å². The van der Waals surface area contributed by atoms with Crippen LogP contribution in [0.15, 0.2) is 30.3 Å². The monoisotopic (exact) mass is 402 g/mol. The van der Waals surface area contributed by atoms with Crippen LogP contribution in [0.4, 0.5) is 0 Å². The zero-order valence-electron chi connectivity index (χ0n) is 15.7. The van der Waals surface area contributed by atoms with Crippen molar-refractivity contribution >= 4 is 23.4 Å². The van der Waals surface area contributed by atoms with Crippen molar-refractivity contribution in [1.29, 1.82) is 0 Å². The second kappa shape index (κ2) is 7.22. The Morgan fingerprint density at radius 1 is 1.21 bits per heavy atom. The Labute approximate surface area is 168 Å². The van der Waals surface area contributed by atoms with E-state index in [2.05, 4.69) is 15.7 Å². The molecule has 0 unspecified atom stereocenters. The highest BCUT2D eigenvalue weighted by Crippen LogP contribution is 2.52. The van der Waals surface area contributed by atoms with Crippen LogP contribution in [0.1, 0.15) is 52.3 Å². The van der Waals surface area contributed by atoms with E-state index in [1.807, 2.05) is 19.1 Å². The molecule has 2 fully saturated rings. The molecule has 7 nitrogen and oxygen atoms in total. The lowest BCUT2D eigenvalue weighted by Crippen LogP contribution is -2.32. The normalized spacial score (nSPS) is 26.4. The average Bonchev–Trinajstić information content (AvgIpc) is 3.06. The number of benzene rings is 1. The van der Waals surface area contributed by atoms with E-state index in [4.69, 9.17) is 11.6 Å². The molecule has 4 rings (SSSR count). The van der Waals surface area contributed by atoms with Crippen molar-refractivity contribution in [2.24, 2.45) is 11.8 Å². The van der Waals surface area contributed by atoms with Crippen molar-refractivity contribution in [2.45, 2.75) is 38.0 Å². The third kappa shape index (κ3) is 3.40. The molecule has 1 aromatic heterocycles. The Kier molecular flexibility index (Phi) is 4.89. The van der Waals surface area contributed by atoms with Crippen molar-refractivity contribution in [3.05, 3.63) is 52.3 Å². The Balaban J connectivity index is 1.60. The maximum absolute atomic E-state index is 13.0. The fourth-order valence-electron chi connectivity index (χ4n) is 4.23. The summed E-state index contributed by atoms with van der Waals surface area (Å²) in [5.74, 6) is 0.102. The molecule has 8 heteroatoms. The number of aliphatic hydroxyl groups excluding tert-OH is 1. The van der Waals surface area contributed by atoms with Gasteiger partial charge in [0, 0.05) is 24.2 Å². The van der Waals surface area contributed by atoms with Crippen LogP contribution in [0.5, 0.6) is 0 Å². The quantitative estimate of drug-likeness (QED) is 0.712. The Bertz CT molecular complexity index is 899. The van der Waals surface area contributed by atoms with Gasteiger partial charge in [0.1, 0.15) is 5.69 Å². The topological polar surface area (TPSA) is 96.3 Å². The summed E-state index contributed by atoms with van der Waals surface area (Å²) in [5.41, 5.74) is 1.46. The molecule has 0 spiro atoms. The van der Waals surface area contributed by atoms with Crippen LogP contribution >= 0.6 is 11.6 Å². The lowest BCUT2D eigenvalue weighted by atomic mass is 10.1. The van der Waals surface area contributed by atoms with Gasteiger partial charge in [-0.15, -0.1) is 0 Å². The van der Waals surface area contributed by atoms with Crippen molar-refractivity contribution < 1.29 is 14.7 Å². The number of carbonyl (C=O) groups excluding carboxylic acids is 2. The van der Waals surface area contributed by atoms with E-state index in [0.29, 0.717) is 22.6 Å². The van der Waals surface area contributed by atoms with E-state index in [1.165, 1.54) is 13.1 Å². The number of aromatic nitrogens is 2. The summed E-state index contributed by atoms with van der Waals surface area (Å²) in [6, 6.07) is 8.68. The fraction of sp³-hybridized carbons (Fsp3) is 0.450. The summed E-state index contributed by atoms with van der Waals surface area (Å²) < 4.78 is 1.58. The molecule has 3 N–H and O–H groups in total. The van der Waals surface area contributed by atoms with E-state index in [9.17, 15) is 14.7 Å². The van der Waals surface area contributed by atoms with Crippen molar-refractivity contribution in [2.75, 3.05) is 7.05 Å². The number of hydrogen-bond donors (Lipinski definition) is 3. The third-order valence-electron chi connectivity index (χ3n) is 5.87. The number of rotatable bonds is 5. The van der Waals surface area contributed by atoms with E-state index < -0.39 is 0 Å². The van der Waals surface area contributed by atoms with E-state index in [1.54, 1.807) is 16.8 Å². The summed E-state index contributed by atoms with van der Waals surface area (Å²) in [4.78, 5) is 25.0. The molecule has 2 aromatic rings. The first-order valence-electron chi connectivity index (χ1n) is 9.45. The van der Waals surface area contributed by atoms with Gasteiger partial charge in [-0.1, -0.05) is 23.7 Å². The molecular weight excluding hydrogens is 380 g/mol. The fourth-order valence-corrected chi connectivity index (χ4v) is 4.36. The molecule has 2 aliphatic carbocycles. The molecule has 5 atom stereocenters. The molecule has 2 aliphatic rings. The zero-order valence-corrected chi connectivity index (χ0v) is 16.5. The first kappa shape index (κ1) is 19.0. The summed E-state index contributed by atoms with van der Waals surface area (Å²) in [7, 11) is 1.53. The first-order valence-corrected chi connectivity index (χ1v) is 9.83. The van der Waals surface area contributed by atoms with Crippen LogP contribution < -0.4 is 10.6 Å². The average molecular weight is 403 g/mol. The second-order valence-electron chi connectivity index (χ2n) is 7.62. The molecule has 2 saturated carbocycles. The lowest BCUT2D eigenvalue weighted by molar-refractivity contribution is 0.0923. The van der Waals surface area contributed by atoms with Gasteiger partial charge < -0.3 is 15.7 Å². The molecule has 1 aromatic carbocycles. The SMILES string of the molecule is CNC(=O)c1cc(C(=O)N[C@H]2[C@@H]3C[C@@H](O)C[C@@H]32)n([C@@H](C)c2ccc(Cl)cc2)n1. The number of nitrogens with zero attached hydrogens (tertiary/aromatic N) is 2. The summed E-state index contributed by atoms with van der Waals surface area (Å²) in [6.07, 6.45) is 1.22. The van der Waals surface area contributed by atoms with E-state index in [0.717, 1.165) is 18.4 Å². The van der Waals surface area contributed by atoms with Gasteiger partial charge in [-0.3, -0.25) is 14.3 Å². The number of aliphatic hydroxyl groups is 1. The first-order chi connectivity index (χ1) is 13.4. The maximum atomic E-state index is 13.0. The van der Waals surface area contributed by atoms with Gasteiger partial charge in [0.05, 0.1) is 12.1 Å². The number of carbonyl (C=O) groups is 2. The largest absolute Gasteiger partial charge is 0.393 e. The van der Waals surface area contributed by atoms with E-state index >= 15 is 0 Å². The molecule has 28 heavy (non-hydrogen) atoms. The predicted octanol–water partition coefficient (Wildman–Crippen LogP) is 2.00. The zero-order chi connectivity index (χ0) is 20.0. The van der Waals surface area contributed by atoms with Gasteiger partial charge >= 0.3 is 0 Å². The van der Waals surface area contributed by atoms with Crippen molar-refractivity contribution in [1.82, 2.24) is 20.4 Å². The number of hydrogen-bond acceptors (Lipinski definition) is 4. The highest BCUT2D eigenvalue weighted by atomic mass is 35.5. The van der Waals surface area contributed by atoms with Crippen molar-refractivity contribution in [3.63, 3.8) is 0 Å². The van der Waals surface area contributed by atoms with E-state index in [-0.39, 0.29) is 35.7 Å². The summed E-state index contributed by atoms with van der Waals surface area (Å²) in [5, 5.41) is 20.3. The van der Waals surface area contributed by atoms with Gasteiger partial charge in [-0.2, -0.15) is 5.10 Å². The van der Waals surface area contributed by atoms with Gasteiger partial charge in [-0.25, -0.2) is 0 Å². The van der Waals surface area contributed by atoms with Crippen LogP contribution in [0, 0.1) is 11.8 Å². The van der Waals surface area contributed by atoms with Crippen LogP contribution in [-0.2, 0) is 0 Å². The second-order valence-corrected chi connectivity index (χ2v) is 8.05. The van der Waals surface area contributed by atoms with Gasteiger partial charge in [0.2, 0.25) is 0 Å². The van der Waals surface area contributed by atoms with Gasteiger partial charge in [0.25, 0.3) is 11.8 Å². The molecule has 0 saturated heterocycles. The number of halogens is 1. The third-order valence-corrected chi connectivity index (χ3v) is 6.12. The molecular formula is C20H23ClN4O3. The van der Waals surface area contributed by atoms with Crippen molar-refractivity contribution in [3.8, 4) is 0 Å². The number of fused-ring (bicyclic) bond motifs is 1. The van der Waals surface area contributed by atoms with Crippen LogP contribution in [-0.4, -0.2) is 45.9 Å². The minimum Gasteiger partial charge on any atom is -0.393 e. The minimum atomic E-state index is -0.345. The molecule has 0 bridgehead atoms. The molecule has 2 amide bonds. The summed E-state index contributed by atoms with van der Waals surface area (Å²) in [6.45, 7) is 1.92. The smallest absolute Gasteiger partial charge is 0.271 e. The predicted molar refractivity (Wildman–Crippen MR) is 104 cm³/mol. The maximum Gasteiger partial charge on any atom is 0.271 e. The number of amides is 2. The van der Waals surface area contributed by atoms with Gasteiger partial charge in [-0.05, 0) is 49.3 Å². The molecule has 0 aliphatic heterocycles. The number of nitrogens with one attached hydrogen (secondary N) is 2. The Hall–Kier alpha value is -2.38.